The molecule has 4 rings (SSSR count). The van der Waals surface area contributed by atoms with Crippen molar-refractivity contribution < 1.29 is 0 Å². The van der Waals surface area contributed by atoms with Crippen molar-refractivity contribution in [2.45, 2.75) is 25.8 Å². The molecule has 1 fully saturated rings. The molecule has 1 saturated heterocycles. The molecule has 27 heavy (non-hydrogen) atoms. The van der Waals surface area contributed by atoms with Crippen LogP contribution in [-0.4, -0.2) is 23.7 Å². The number of fused-ring (bicyclic) bond motifs is 1. The van der Waals surface area contributed by atoms with E-state index in [1.54, 1.807) is 0 Å². The van der Waals surface area contributed by atoms with E-state index < -0.39 is 0 Å². The summed E-state index contributed by atoms with van der Waals surface area (Å²) in [5, 5.41) is 4.15. The molecule has 0 saturated carbocycles. The van der Waals surface area contributed by atoms with Gasteiger partial charge in [-0.25, -0.2) is 0 Å². The molecule has 1 aliphatic heterocycles. The summed E-state index contributed by atoms with van der Waals surface area (Å²) >= 11 is 2.00. The molecule has 0 radical (unpaired) electrons. The zero-order chi connectivity index (χ0) is 18.8. The Balaban J connectivity index is 1.64. The smallest absolute Gasteiger partial charge is 0.0752 e. The average Bonchev–Trinajstić information content (AvgIpc) is 3.47. The Morgan fingerprint density at radius 3 is 2.67 bits per heavy atom. The third-order valence-corrected chi connectivity index (χ3v) is 7.03. The highest BCUT2D eigenvalue weighted by Gasteiger charge is 2.31. The van der Waals surface area contributed by atoms with Gasteiger partial charge in [-0.05, 0) is 47.2 Å². The molecule has 2 heteroatoms. The van der Waals surface area contributed by atoms with Crippen LogP contribution in [0.2, 0.25) is 0 Å². The fourth-order valence-electron chi connectivity index (χ4n) is 3.85. The van der Waals surface area contributed by atoms with Gasteiger partial charge in [0.15, 0.2) is 0 Å². The van der Waals surface area contributed by atoms with E-state index in [9.17, 15) is 0 Å². The van der Waals surface area contributed by atoms with Crippen LogP contribution in [0.25, 0.3) is 10.8 Å². The molecule has 1 aliphatic carbocycles. The molecule has 0 unspecified atom stereocenters. The Hall–Kier alpha value is -2.19. The number of benzene rings is 2. The molecule has 138 valence electrons. The lowest BCUT2D eigenvalue weighted by atomic mass is 9.92. The number of nitrogens with zero attached hydrogens (tertiary/aromatic N) is 1. The molecule has 1 heterocycles. The molecule has 2 aromatic rings. The van der Waals surface area contributed by atoms with Crippen LogP contribution < -0.4 is 0 Å². The molecule has 0 bridgehead atoms. The van der Waals surface area contributed by atoms with Gasteiger partial charge in [-0.15, -0.1) is 11.8 Å². The number of thioether (sulfide) groups is 1. The van der Waals surface area contributed by atoms with Crippen molar-refractivity contribution in [1.29, 1.82) is 0 Å². The van der Waals surface area contributed by atoms with Crippen LogP contribution in [0.15, 0.2) is 89.5 Å². The average molecular weight is 374 g/mol. The van der Waals surface area contributed by atoms with E-state index in [4.69, 9.17) is 0 Å². The van der Waals surface area contributed by atoms with Crippen molar-refractivity contribution in [2.24, 2.45) is 5.92 Å². The SMILES string of the molecule is C=C/C=C(CCc1cccc2ccccc12)\C(=C1\SC[C@@H](C)N1C)C1C=C1. The minimum absolute atomic E-state index is 0.499. The molecule has 1 atom stereocenters. The fraction of sp³-hybridized carbons (Fsp3) is 0.280. The minimum Gasteiger partial charge on any atom is -0.366 e. The van der Waals surface area contributed by atoms with Crippen molar-refractivity contribution in [1.82, 2.24) is 4.90 Å². The van der Waals surface area contributed by atoms with E-state index in [0.717, 1.165) is 12.8 Å². The van der Waals surface area contributed by atoms with Gasteiger partial charge in [-0.2, -0.15) is 0 Å². The van der Waals surface area contributed by atoms with Crippen LogP contribution in [0.1, 0.15) is 18.9 Å². The van der Waals surface area contributed by atoms with Gasteiger partial charge < -0.3 is 4.90 Å². The predicted octanol–water partition coefficient (Wildman–Crippen LogP) is 6.35. The number of allylic oxidation sites excluding steroid dienone is 6. The van der Waals surface area contributed by atoms with E-state index in [2.05, 4.69) is 86.1 Å². The second kappa shape index (κ2) is 7.82. The van der Waals surface area contributed by atoms with Crippen LogP contribution in [-0.2, 0) is 6.42 Å². The largest absolute Gasteiger partial charge is 0.366 e. The normalized spacial score (nSPS) is 21.8. The van der Waals surface area contributed by atoms with Gasteiger partial charge >= 0.3 is 0 Å². The molecule has 0 aromatic heterocycles. The van der Waals surface area contributed by atoms with E-state index in [1.165, 1.54) is 38.3 Å². The van der Waals surface area contributed by atoms with Gasteiger partial charge in [0, 0.05) is 24.8 Å². The van der Waals surface area contributed by atoms with Crippen LogP contribution in [0.3, 0.4) is 0 Å². The third-order valence-electron chi connectivity index (χ3n) is 5.60. The Kier molecular flexibility index (Phi) is 5.27. The maximum Gasteiger partial charge on any atom is 0.0752 e. The van der Waals surface area contributed by atoms with E-state index in [0.29, 0.717) is 12.0 Å². The summed E-state index contributed by atoms with van der Waals surface area (Å²) in [4.78, 5) is 2.45. The Labute approximate surface area is 167 Å². The Bertz CT molecular complexity index is 938. The highest BCUT2D eigenvalue weighted by atomic mass is 32.2. The lowest BCUT2D eigenvalue weighted by Crippen LogP contribution is -2.23. The monoisotopic (exact) mass is 373 g/mol. The molecular formula is C25H27NS. The Morgan fingerprint density at radius 1 is 1.19 bits per heavy atom. The lowest BCUT2D eigenvalue weighted by molar-refractivity contribution is 0.384. The highest BCUT2D eigenvalue weighted by Crippen LogP contribution is 2.43. The topological polar surface area (TPSA) is 3.24 Å². The second-order valence-corrected chi connectivity index (χ2v) is 8.48. The van der Waals surface area contributed by atoms with Gasteiger partial charge in [-0.3, -0.25) is 0 Å². The maximum absolute atomic E-state index is 3.99. The molecule has 1 nitrogen and oxygen atoms in total. The number of aryl methyl sites for hydroxylation is 1. The van der Waals surface area contributed by atoms with E-state index >= 15 is 0 Å². The second-order valence-electron chi connectivity index (χ2n) is 7.47. The highest BCUT2D eigenvalue weighted by molar-refractivity contribution is 8.03. The van der Waals surface area contributed by atoms with Crippen LogP contribution >= 0.6 is 11.8 Å². The fourth-order valence-corrected chi connectivity index (χ4v) is 5.28. The zero-order valence-electron chi connectivity index (χ0n) is 16.2. The first-order chi connectivity index (χ1) is 13.2. The van der Waals surface area contributed by atoms with Crippen LogP contribution in [0.5, 0.6) is 0 Å². The van der Waals surface area contributed by atoms with Crippen molar-refractivity contribution in [3.63, 3.8) is 0 Å². The lowest BCUT2D eigenvalue weighted by Gasteiger charge is -2.23. The number of hydrogen-bond donors (Lipinski definition) is 0. The summed E-state index contributed by atoms with van der Waals surface area (Å²) in [5.41, 5.74) is 4.35. The summed E-state index contributed by atoms with van der Waals surface area (Å²) in [6, 6.07) is 15.9. The van der Waals surface area contributed by atoms with Gasteiger partial charge in [-0.1, -0.05) is 73.3 Å². The summed E-state index contributed by atoms with van der Waals surface area (Å²) < 4.78 is 0. The summed E-state index contributed by atoms with van der Waals surface area (Å²) in [6.07, 6.45) is 10.9. The van der Waals surface area contributed by atoms with E-state index in [-0.39, 0.29) is 0 Å². The quantitative estimate of drug-likeness (QED) is 0.429. The summed E-state index contributed by atoms with van der Waals surface area (Å²) in [5.74, 6) is 1.67. The summed E-state index contributed by atoms with van der Waals surface area (Å²) in [7, 11) is 2.23. The Morgan fingerprint density at radius 2 is 1.96 bits per heavy atom. The zero-order valence-corrected chi connectivity index (χ0v) is 17.0. The number of rotatable bonds is 6. The van der Waals surface area contributed by atoms with Crippen LogP contribution in [0, 0.1) is 5.92 Å². The molecule has 0 spiro atoms. The van der Waals surface area contributed by atoms with Crippen molar-refractivity contribution in [3.8, 4) is 0 Å². The predicted molar refractivity (Wildman–Crippen MR) is 120 cm³/mol. The maximum atomic E-state index is 3.99. The molecule has 0 N–H and O–H groups in total. The first-order valence-electron chi connectivity index (χ1n) is 9.75. The molecule has 2 aromatic carbocycles. The standard InChI is InChI=1S/C25H27NS/c1-4-8-21(24(22-15-16-22)25-26(3)18(2)17-27-25)14-13-20-11-7-10-19-9-5-6-12-23(19)20/h4-12,15-16,18,22H,1,13-14,17H2,2-3H3/b21-8-,25-24-/t18-/m1/s1. The van der Waals surface area contributed by atoms with Gasteiger partial charge in [0.1, 0.15) is 0 Å². The first kappa shape index (κ1) is 18.2. The van der Waals surface area contributed by atoms with E-state index in [1.807, 2.05) is 17.8 Å². The van der Waals surface area contributed by atoms with Crippen LogP contribution in [0.4, 0.5) is 0 Å². The van der Waals surface area contributed by atoms with Crippen molar-refractivity contribution >= 4 is 22.5 Å². The van der Waals surface area contributed by atoms with Gasteiger partial charge in [0.25, 0.3) is 0 Å². The first-order valence-corrected chi connectivity index (χ1v) is 10.7. The van der Waals surface area contributed by atoms with Crippen molar-refractivity contribution in [2.75, 3.05) is 12.8 Å². The molecular weight excluding hydrogens is 346 g/mol. The van der Waals surface area contributed by atoms with Crippen molar-refractivity contribution in [3.05, 3.63) is 95.1 Å². The van der Waals surface area contributed by atoms with Gasteiger partial charge in [0.2, 0.25) is 0 Å². The minimum atomic E-state index is 0.499. The van der Waals surface area contributed by atoms with Gasteiger partial charge in [0.05, 0.1) is 5.03 Å². The molecule has 0 amide bonds. The third kappa shape index (κ3) is 3.77. The molecule has 2 aliphatic rings. The number of hydrogen-bond acceptors (Lipinski definition) is 2. The summed E-state index contributed by atoms with van der Waals surface area (Å²) in [6.45, 7) is 6.30.